The van der Waals surface area contributed by atoms with E-state index < -0.39 is 0 Å². The summed E-state index contributed by atoms with van der Waals surface area (Å²) in [7, 11) is 0. The molecule has 0 unspecified atom stereocenters. The van der Waals surface area contributed by atoms with Gasteiger partial charge in [0.05, 0.1) is 0 Å². The van der Waals surface area contributed by atoms with Crippen LogP contribution in [0, 0.1) is 5.41 Å². The first-order chi connectivity index (χ1) is 11.8. The maximum Gasteiger partial charge on any atom is 2.00 e. The van der Waals surface area contributed by atoms with Crippen molar-refractivity contribution in [1.82, 2.24) is 0 Å². The van der Waals surface area contributed by atoms with Gasteiger partial charge < -0.3 is 10.2 Å². The van der Waals surface area contributed by atoms with Crippen LogP contribution in [0.25, 0.3) is 0 Å². The second-order valence-corrected chi connectivity index (χ2v) is 8.30. The quantitative estimate of drug-likeness (QED) is 0.424. The summed E-state index contributed by atoms with van der Waals surface area (Å²) in [6.07, 6.45) is 3.20. The Morgan fingerprint density at radius 1 is 0.846 bits per heavy atom. The van der Waals surface area contributed by atoms with Crippen molar-refractivity contribution in [2.45, 2.75) is 13.8 Å². The zero-order valence-electron chi connectivity index (χ0n) is 14.3. The number of nitrogens with zero attached hydrogens (tertiary/aromatic N) is 2. The van der Waals surface area contributed by atoms with Crippen LogP contribution in [-0.2, 0) is 16.5 Å². The van der Waals surface area contributed by atoms with Crippen molar-refractivity contribution < 1.29 is 26.7 Å². The summed E-state index contributed by atoms with van der Waals surface area (Å²) < 4.78 is 1.69. The van der Waals surface area contributed by atoms with E-state index in [1.54, 1.807) is 36.7 Å². The van der Waals surface area contributed by atoms with Crippen molar-refractivity contribution >= 4 is 44.3 Å². The summed E-state index contributed by atoms with van der Waals surface area (Å²) in [4.78, 5) is 8.77. The fourth-order valence-electron chi connectivity index (χ4n) is 2.07. The molecule has 2 aromatic carbocycles. The summed E-state index contributed by atoms with van der Waals surface area (Å²) in [5.74, 6) is -0.110. The molecule has 0 aliphatic rings. The van der Waals surface area contributed by atoms with Gasteiger partial charge in [0.2, 0.25) is 0 Å². The molecule has 7 heteroatoms. The molecule has 2 aromatic rings. The molecular formula is C19H18Br2N2NiO2. The van der Waals surface area contributed by atoms with E-state index in [0.717, 1.165) is 8.95 Å². The van der Waals surface area contributed by atoms with Crippen LogP contribution in [0.1, 0.15) is 25.0 Å². The van der Waals surface area contributed by atoms with Crippen LogP contribution in [0.3, 0.4) is 0 Å². The third-order valence-corrected chi connectivity index (χ3v) is 4.43. The van der Waals surface area contributed by atoms with Crippen molar-refractivity contribution in [1.29, 1.82) is 0 Å². The standard InChI is InChI=1S/C19H20Br2N2O2.Ni/c1-19(2,11-22-9-13-7-15(20)3-5-17(13)24)12-23-10-14-8-16(21)4-6-18(14)25;/h3-10,24-25H,11-12H2,1-2H3;/q;+2/p-2. The molecule has 0 aliphatic heterocycles. The maximum absolute atomic E-state index is 11.7. The first-order valence-corrected chi connectivity index (χ1v) is 9.28. The number of aliphatic imine (C=N–C) groups is 2. The van der Waals surface area contributed by atoms with E-state index in [9.17, 15) is 10.2 Å². The first kappa shape index (κ1) is 22.9. The average Bonchev–Trinajstić information content (AvgIpc) is 2.54. The van der Waals surface area contributed by atoms with Crippen LogP contribution in [0.5, 0.6) is 11.5 Å². The second-order valence-electron chi connectivity index (χ2n) is 6.47. The summed E-state index contributed by atoms with van der Waals surface area (Å²) in [5.41, 5.74) is 0.925. The maximum atomic E-state index is 11.7. The van der Waals surface area contributed by atoms with Crippen LogP contribution < -0.4 is 10.2 Å². The van der Waals surface area contributed by atoms with Crippen LogP contribution in [0.4, 0.5) is 0 Å². The van der Waals surface area contributed by atoms with E-state index in [2.05, 4.69) is 41.8 Å². The minimum atomic E-state index is -0.183. The van der Waals surface area contributed by atoms with E-state index in [-0.39, 0.29) is 33.4 Å². The molecule has 0 fully saturated rings. The van der Waals surface area contributed by atoms with Crippen LogP contribution in [0.2, 0.25) is 0 Å². The molecule has 0 aliphatic carbocycles. The number of hydrogen-bond donors (Lipinski definition) is 0. The smallest absolute Gasteiger partial charge is 0.872 e. The topological polar surface area (TPSA) is 70.8 Å². The van der Waals surface area contributed by atoms with E-state index in [1.807, 2.05) is 13.8 Å². The minimum Gasteiger partial charge on any atom is -0.872 e. The Balaban J connectivity index is 0.00000338. The third-order valence-electron chi connectivity index (χ3n) is 3.44. The van der Waals surface area contributed by atoms with Gasteiger partial charge in [0.25, 0.3) is 0 Å². The van der Waals surface area contributed by atoms with Crippen molar-refractivity contribution in [3.05, 3.63) is 56.5 Å². The zero-order chi connectivity index (χ0) is 18.4. The molecule has 0 heterocycles. The molecule has 0 saturated heterocycles. The van der Waals surface area contributed by atoms with E-state index in [0.29, 0.717) is 24.2 Å². The summed E-state index contributed by atoms with van der Waals surface area (Å²) in [6.45, 7) is 5.14. The van der Waals surface area contributed by atoms with Crippen molar-refractivity contribution in [2.24, 2.45) is 15.4 Å². The monoisotopic (exact) mass is 522 g/mol. The Morgan fingerprint density at radius 2 is 1.23 bits per heavy atom. The van der Waals surface area contributed by atoms with Gasteiger partial charge in [-0.3, -0.25) is 9.98 Å². The molecule has 4 nitrogen and oxygen atoms in total. The molecule has 0 radical (unpaired) electrons. The summed E-state index contributed by atoms with van der Waals surface area (Å²) >= 11 is 6.69. The largest absolute Gasteiger partial charge is 2.00 e. The molecule has 0 spiro atoms. The van der Waals surface area contributed by atoms with E-state index in [1.165, 1.54) is 12.1 Å². The fraction of sp³-hybridized carbons (Fsp3) is 0.263. The minimum absolute atomic E-state index is 0. The van der Waals surface area contributed by atoms with E-state index in [4.69, 9.17) is 0 Å². The van der Waals surface area contributed by atoms with E-state index >= 15 is 0 Å². The molecule has 0 aromatic heterocycles. The molecule has 2 rings (SSSR count). The number of halogens is 2. The predicted molar refractivity (Wildman–Crippen MR) is 106 cm³/mol. The molecular weight excluding hydrogens is 507 g/mol. The number of benzene rings is 2. The van der Waals surface area contributed by atoms with Crippen molar-refractivity contribution in [3.8, 4) is 11.5 Å². The number of rotatable bonds is 6. The van der Waals surface area contributed by atoms with Gasteiger partial charge in [-0.15, -0.1) is 0 Å². The van der Waals surface area contributed by atoms with Gasteiger partial charge in [-0.05, 0) is 35.4 Å². The molecule has 0 amide bonds. The molecule has 0 atom stereocenters. The van der Waals surface area contributed by atoms with Crippen molar-refractivity contribution in [3.63, 3.8) is 0 Å². The number of hydrogen-bond acceptors (Lipinski definition) is 4. The first-order valence-electron chi connectivity index (χ1n) is 7.70. The zero-order valence-corrected chi connectivity index (χ0v) is 18.5. The van der Waals surface area contributed by atoms with Crippen LogP contribution in [0.15, 0.2) is 55.3 Å². The normalized spacial score (nSPS) is 11.8. The van der Waals surface area contributed by atoms with Gasteiger partial charge >= 0.3 is 16.5 Å². The van der Waals surface area contributed by atoms with Crippen LogP contribution in [-0.4, -0.2) is 25.5 Å². The second kappa shape index (κ2) is 10.2. The molecule has 0 N–H and O–H groups in total. The van der Waals surface area contributed by atoms with Gasteiger partial charge in [-0.1, -0.05) is 69.3 Å². The molecule has 0 bridgehead atoms. The van der Waals surface area contributed by atoms with Gasteiger partial charge in [0.1, 0.15) is 0 Å². The van der Waals surface area contributed by atoms with Crippen molar-refractivity contribution in [2.75, 3.05) is 13.1 Å². The van der Waals surface area contributed by atoms with Crippen LogP contribution >= 0.6 is 31.9 Å². The average molecular weight is 525 g/mol. The van der Waals surface area contributed by atoms with Gasteiger partial charge in [-0.2, -0.15) is 0 Å². The fourth-order valence-corrected chi connectivity index (χ4v) is 2.83. The third kappa shape index (κ3) is 7.22. The van der Waals surface area contributed by atoms with Gasteiger partial charge in [-0.25, -0.2) is 0 Å². The Labute approximate surface area is 180 Å². The Kier molecular flexibility index (Phi) is 9.01. The summed E-state index contributed by atoms with van der Waals surface area (Å²) in [5, 5.41) is 23.5. The Bertz CT molecular complexity index is 743. The SMILES string of the molecule is CC(C)(CN=Cc1cc(Br)ccc1[O-])CN=Cc1cc(Br)ccc1[O-].[Ni+2]. The predicted octanol–water partition coefficient (Wildman–Crippen LogP) is 3.92. The van der Waals surface area contributed by atoms with Gasteiger partial charge in [0.15, 0.2) is 0 Å². The Hall–Kier alpha value is -1.17. The van der Waals surface area contributed by atoms with Gasteiger partial charge in [0, 0.05) is 39.9 Å². The molecule has 26 heavy (non-hydrogen) atoms. The summed E-state index contributed by atoms with van der Waals surface area (Å²) in [6, 6.07) is 9.95. The Morgan fingerprint density at radius 3 is 1.62 bits per heavy atom. The molecule has 0 saturated carbocycles. The molecule has 140 valence electrons.